The van der Waals surface area contributed by atoms with Gasteiger partial charge in [-0.2, -0.15) is 5.10 Å². The third-order valence-corrected chi connectivity index (χ3v) is 1.72. The molecule has 0 aromatic carbocycles. The van der Waals surface area contributed by atoms with Gasteiger partial charge in [0.2, 0.25) is 0 Å². The summed E-state index contributed by atoms with van der Waals surface area (Å²) in [6.07, 6.45) is 7.83. The minimum absolute atomic E-state index is 0.287. The lowest BCUT2D eigenvalue weighted by Crippen LogP contribution is -2.32. The molecule has 1 atom stereocenters. The van der Waals surface area contributed by atoms with E-state index in [2.05, 4.69) is 25.1 Å². The van der Waals surface area contributed by atoms with Gasteiger partial charge in [-0.15, -0.1) is 5.10 Å². The predicted octanol–water partition coefficient (Wildman–Crippen LogP) is -0.764. The highest BCUT2D eigenvalue weighted by Crippen LogP contribution is 1.95. The second-order valence-electron chi connectivity index (χ2n) is 3.02. The fraction of sp³-hybridized carbons (Fsp3) is 0.222. The first-order chi connectivity index (χ1) is 8.20. The molecule has 0 spiro atoms. The lowest BCUT2D eigenvalue weighted by atomic mass is 10.2. The Labute approximate surface area is 96.9 Å². The zero-order valence-corrected chi connectivity index (χ0v) is 8.89. The van der Waals surface area contributed by atoms with Gasteiger partial charge in [0, 0.05) is 24.5 Å². The molecule has 90 valence electrons. The molecule has 0 aliphatic heterocycles. The first-order valence-corrected chi connectivity index (χ1v) is 4.72. The summed E-state index contributed by atoms with van der Waals surface area (Å²) in [6.45, 7) is 0. The molecular formula is C9H12N6O2. The van der Waals surface area contributed by atoms with Crippen LogP contribution in [0.5, 0.6) is 0 Å². The van der Waals surface area contributed by atoms with Gasteiger partial charge >= 0.3 is 5.97 Å². The van der Waals surface area contributed by atoms with E-state index in [0.717, 1.165) is 5.69 Å². The fourth-order valence-corrected chi connectivity index (χ4v) is 0.925. The van der Waals surface area contributed by atoms with Crippen LogP contribution in [0, 0.1) is 0 Å². The minimum atomic E-state index is -1.00. The Morgan fingerprint density at radius 1 is 1.41 bits per heavy atom. The molecule has 17 heavy (non-hydrogen) atoms. The van der Waals surface area contributed by atoms with Gasteiger partial charge in [-0.1, -0.05) is 0 Å². The molecule has 2 heterocycles. The molecule has 0 aliphatic rings. The molecule has 0 fully saturated rings. The van der Waals surface area contributed by atoms with Crippen molar-refractivity contribution < 1.29 is 9.90 Å². The van der Waals surface area contributed by atoms with Gasteiger partial charge in [0.15, 0.2) is 0 Å². The van der Waals surface area contributed by atoms with E-state index in [1.807, 2.05) is 0 Å². The minimum Gasteiger partial charge on any atom is -0.480 e. The number of rotatable bonds is 3. The fourth-order valence-electron chi connectivity index (χ4n) is 0.925. The summed E-state index contributed by atoms with van der Waals surface area (Å²) >= 11 is 0. The second-order valence-corrected chi connectivity index (χ2v) is 3.02. The van der Waals surface area contributed by atoms with Crippen molar-refractivity contribution in [3.63, 3.8) is 0 Å². The number of carboxylic acid groups (broad SMARTS) is 1. The zero-order chi connectivity index (χ0) is 12.5. The quantitative estimate of drug-likeness (QED) is 0.638. The smallest absolute Gasteiger partial charge is 0.320 e. The Hall–Kier alpha value is -2.35. The molecule has 0 saturated carbocycles. The normalized spacial score (nSPS) is 11.1. The van der Waals surface area contributed by atoms with Crippen LogP contribution >= 0.6 is 0 Å². The van der Waals surface area contributed by atoms with Gasteiger partial charge in [-0.3, -0.25) is 4.79 Å². The molecular weight excluding hydrogens is 224 g/mol. The number of imidazole rings is 1. The number of carboxylic acids is 1. The average molecular weight is 236 g/mol. The van der Waals surface area contributed by atoms with Crippen LogP contribution in [0.3, 0.4) is 0 Å². The number of nitrogens with two attached hydrogens (primary N) is 1. The molecule has 2 rings (SSSR count). The van der Waals surface area contributed by atoms with Gasteiger partial charge < -0.3 is 15.8 Å². The van der Waals surface area contributed by atoms with E-state index in [9.17, 15) is 4.79 Å². The highest BCUT2D eigenvalue weighted by atomic mass is 16.4. The van der Waals surface area contributed by atoms with Crippen molar-refractivity contribution in [1.82, 2.24) is 25.1 Å². The number of carbonyl (C=O) groups is 1. The summed E-state index contributed by atoms with van der Waals surface area (Å²) in [5, 5.41) is 15.3. The molecule has 0 aliphatic carbocycles. The van der Waals surface area contributed by atoms with Crippen molar-refractivity contribution >= 4 is 5.97 Å². The number of hydrogen-bond donors (Lipinski definition) is 3. The van der Waals surface area contributed by atoms with Gasteiger partial charge in [-0.05, 0) is 0 Å². The monoisotopic (exact) mass is 236 g/mol. The van der Waals surface area contributed by atoms with Gasteiger partial charge in [0.25, 0.3) is 0 Å². The maximum absolute atomic E-state index is 10.3. The van der Waals surface area contributed by atoms with E-state index in [0.29, 0.717) is 0 Å². The summed E-state index contributed by atoms with van der Waals surface area (Å²) in [4.78, 5) is 20.4. The topological polar surface area (TPSA) is 131 Å². The summed E-state index contributed by atoms with van der Waals surface area (Å²) in [5.74, 6) is -1.00. The van der Waals surface area contributed by atoms with Gasteiger partial charge in [0.1, 0.15) is 12.4 Å². The first-order valence-electron chi connectivity index (χ1n) is 4.72. The van der Waals surface area contributed by atoms with E-state index in [4.69, 9.17) is 10.8 Å². The number of aromatic nitrogens is 5. The third-order valence-electron chi connectivity index (χ3n) is 1.72. The van der Waals surface area contributed by atoms with Crippen LogP contribution in [0.4, 0.5) is 0 Å². The van der Waals surface area contributed by atoms with Crippen molar-refractivity contribution in [3.8, 4) is 0 Å². The predicted molar refractivity (Wildman–Crippen MR) is 57.7 cm³/mol. The number of H-pyrrole nitrogens is 1. The summed E-state index contributed by atoms with van der Waals surface area (Å²) < 4.78 is 0. The van der Waals surface area contributed by atoms with Crippen molar-refractivity contribution in [2.45, 2.75) is 12.5 Å². The number of hydrogen-bond acceptors (Lipinski definition) is 6. The lowest BCUT2D eigenvalue weighted by molar-refractivity contribution is -0.138. The van der Waals surface area contributed by atoms with E-state index in [1.54, 1.807) is 12.4 Å². The maximum atomic E-state index is 10.3. The molecule has 4 N–H and O–H groups in total. The third kappa shape index (κ3) is 5.33. The van der Waals surface area contributed by atoms with Gasteiger partial charge in [-0.25, -0.2) is 9.97 Å². The molecule has 2 aromatic rings. The molecule has 1 unspecified atom stereocenters. The molecule has 2 aromatic heterocycles. The zero-order valence-electron chi connectivity index (χ0n) is 8.89. The molecule has 8 heteroatoms. The van der Waals surface area contributed by atoms with Crippen LogP contribution < -0.4 is 5.73 Å². The van der Waals surface area contributed by atoms with Crippen LogP contribution in [-0.2, 0) is 11.2 Å². The van der Waals surface area contributed by atoms with Crippen molar-refractivity contribution in [1.29, 1.82) is 0 Å². The highest BCUT2D eigenvalue weighted by molar-refractivity contribution is 5.73. The standard InChI is InChI=1S/C6H9N3O2.C3H3N3/c7-5(6(10)11)1-4-2-8-3-9-4;1-2-5-6-3-4-1/h2-3,5H,1,7H2,(H,8,9)(H,10,11);1-3H. The molecule has 0 amide bonds. The number of nitrogens with one attached hydrogen (secondary N) is 1. The number of aliphatic carboxylic acids is 1. The summed E-state index contributed by atoms with van der Waals surface area (Å²) in [5.41, 5.74) is 6.00. The lowest BCUT2D eigenvalue weighted by Gasteiger charge is -2.02. The Bertz CT molecular complexity index is 392. The summed E-state index contributed by atoms with van der Waals surface area (Å²) in [7, 11) is 0. The highest BCUT2D eigenvalue weighted by Gasteiger charge is 2.11. The number of aromatic amines is 1. The van der Waals surface area contributed by atoms with Crippen molar-refractivity contribution in [3.05, 3.63) is 36.9 Å². The Balaban J connectivity index is 0.000000202. The van der Waals surface area contributed by atoms with E-state index in [-0.39, 0.29) is 6.42 Å². The van der Waals surface area contributed by atoms with Crippen molar-refractivity contribution in [2.75, 3.05) is 0 Å². The number of nitrogens with zero attached hydrogens (tertiary/aromatic N) is 4. The maximum Gasteiger partial charge on any atom is 0.320 e. The van der Waals surface area contributed by atoms with E-state index < -0.39 is 12.0 Å². The molecule has 0 radical (unpaired) electrons. The van der Waals surface area contributed by atoms with Gasteiger partial charge in [0.05, 0.1) is 12.5 Å². The molecule has 0 saturated heterocycles. The van der Waals surface area contributed by atoms with Crippen LogP contribution in [0.2, 0.25) is 0 Å². The Kier molecular flexibility index (Phi) is 5.25. The van der Waals surface area contributed by atoms with Crippen LogP contribution in [0.1, 0.15) is 5.69 Å². The SMILES string of the molecule is NC(Cc1cnc[nH]1)C(=O)O.c1cnncn1. The van der Waals surface area contributed by atoms with E-state index >= 15 is 0 Å². The molecule has 8 nitrogen and oxygen atoms in total. The Morgan fingerprint density at radius 3 is 2.59 bits per heavy atom. The van der Waals surface area contributed by atoms with Crippen LogP contribution in [0.25, 0.3) is 0 Å². The molecule has 0 bridgehead atoms. The average Bonchev–Trinajstić information content (AvgIpc) is 2.85. The summed E-state index contributed by atoms with van der Waals surface area (Å²) in [6, 6.07) is -0.851. The van der Waals surface area contributed by atoms with E-state index in [1.165, 1.54) is 18.9 Å². The second kappa shape index (κ2) is 7.01. The largest absolute Gasteiger partial charge is 0.480 e. The van der Waals surface area contributed by atoms with Crippen LogP contribution in [0.15, 0.2) is 31.2 Å². The van der Waals surface area contributed by atoms with Crippen LogP contribution in [-0.4, -0.2) is 42.3 Å². The first kappa shape index (κ1) is 12.7. The Morgan fingerprint density at radius 2 is 2.24 bits per heavy atom. The van der Waals surface area contributed by atoms with Crippen molar-refractivity contribution in [2.24, 2.45) is 5.73 Å².